The molecule has 1 aliphatic heterocycles. The number of aliphatic imine (C=N–C) groups is 2. The van der Waals surface area contributed by atoms with Gasteiger partial charge in [0.25, 0.3) is 0 Å². The Bertz CT molecular complexity index is 668. The molecule has 0 fully saturated rings. The SMILES string of the molecule is CCCCCCCCCCCCCCC(Cc1ccccc1)C(CCCCCCCCC)[C+]1N=CC=N1. The van der Waals surface area contributed by atoms with Crippen LogP contribution in [0.3, 0.4) is 0 Å². The highest BCUT2D eigenvalue weighted by Gasteiger charge is 2.35. The lowest BCUT2D eigenvalue weighted by Crippen LogP contribution is -2.22. The molecule has 208 valence electrons. The van der Waals surface area contributed by atoms with Crippen molar-refractivity contribution >= 4 is 12.4 Å². The van der Waals surface area contributed by atoms with Crippen molar-refractivity contribution in [3.8, 4) is 0 Å². The number of nitrogens with zero attached hydrogens (tertiary/aromatic N) is 2. The van der Waals surface area contributed by atoms with Gasteiger partial charge in [0.15, 0.2) is 12.4 Å². The Balaban J connectivity index is 1.76. The number of benzene rings is 1. The molecule has 0 aromatic heterocycles. The average molecular weight is 508 g/mol. The van der Waals surface area contributed by atoms with E-state index >= 15 is 0 Å². The van der Waals surface area contributed by atoms with Crippen molar-refractivity contribution in [2.45, 2.75) is 155 Å². The molecule has 1 aromatic carbocycles. The molecule has 0 radical (unpaired) electrons. The van der Waals surface area contributed by atoms with Crippen molar-refractivity contribution in [2.75, 3.05) is 0 Å². The third kappa shape index (κ3) is 15.4. The van der Waals surface area contributed by atoms with Crippen LogP contribution in [0.4, 0.5) is 0 Å². The Morgan fingerprint density at radius 1 is 0.541 bits per heavy atom. The van der Waals surface area contributed by atoms with Crippen LogP contribution in [0.15, 0.2) is 40.3 Å². The molecule has 0 bridgehead atoms. The van der Waals surface area contributed by atoms with Crippen LogP contribution in [0.5, 0.6) is 0 Å². The minimum Gasteiger partial charge on any atom is -0.0965 e. The van der Waals surface area contributed by atoms with Gasteiger partial charge >= 0.3 is 0 Å². The van der Waals surface area contributed by atoms with Gasteiger partial charge in [-0.3, -0.25) is 0 Å². The van der Waals surface area contributed by atoms with Gasteiger partial charge in [0.1, 0.15) is 0 Å². The fraction of sp³-hybridized carbons (Fsp3) is 0.743. The van der Waals surface area contributed by atoms with E-state index in [0.717, 1.165) is 12.6 Å². The van der Waals surface area contributed by atoms with Gasteiger partial charge in [-0.2, -0.15) is 0 Å². The minimum atomic E-state index is 0.499. The molecule has 0 aliphatic carbocycles. The normalized spacial score (nSPS) is 14.5. The van der Waals surface area contributed by atoms with E-state index in [2.05, 4.69) is 44.2 Å². The monoisotopic (exact) mass is 507 g/mol. The molecule has 1 heterocycles. The van der Waals surface area contributed by atoms with Gasteiger partial charge in [-0.15, -0.1) is 0 Å². The summed E-state index contributed by atoms with van der Waals surface area (Å²) in [6, 6.07) is 11.2. The van der Waals surface area contributed by atoms with E-state index in [9.17, 15) is 0 Å². The lowest BCUT2D eigenvalue weighted by Gasteiger charge is -2.26. The molecule has 2 unspecified atom stereocenters. The highest BCUT2D eigenvalue weighted by Crippen LogP contribution is 2.37. The number of rotatable bonds is 25. The predicted octanol–water partition coefficient (Wildman–Crippen LogP) is 11.3. The highest BCUT2D eigenvalue weighted by atomic mass is 15.0. The first-order chi connectivity index (χ1) is 18.3. The summed E-state index contributed by atoms with van der Waals surface area (Å²) in [6.45, 7) is 4.60. The Labute approximate surface area is 231 Å². The summed E-state index contributed by atoms with van der Waals surface area (Å²) in [5.74, 6) is 1.14. The quantitative estimate of drug-likeness (QED) is 0.0928. The van der Waals surface area contributed by atoms with E-state index in [0.29, 0.717) is 11.8 Å². The third-order valence-corrected chi connectivity index (χ3v) is 8.27. The summed E-state index contributed by atoms with van der Waals surface area (Å²) in [6.07, 6.45) is 35.2. The summed E-state index contributed by atoms with van der Waals surface area (Å²) in [4.78, 5) is 9.43. The summed E-state index contributed by atoms with van der Waals surface area (Å²) >= 11 is 0. The van der Waals surface area contributed by atoms with Gasteiger partial charge in [-0.05, 0) is 30.7 Å². The fourth-order valence-corrected chi connectivity index (χ4v) is 5.95. The van der Waals surface area contributed by atoms with Gasteiger partial charge in [0.05, 0.1) is 5.92 Å². The molecule has 0 N–H and O–H groups in total. The van der Waals surface area contributed by atoms with Crippen molar-refractivity contribution in [1.29, 1.82) is 0 Å². The van der Waals surface area contributed by atoms with Gasteiger partial charge in [0.2, 0.25) is 6.17 Å². The summed E-state index contributed by atoms with van der Waals surface area (Å²) in [7, 11) is 0. The largest absolute Gasteiger partial charge is 0.244 e. The summed E-state index contributed by atoms with van der Waals surface area (Å²) in [5.41, 5.74) is 1.47. The molecule has 0 amide bonds. The Hall–Kier alpha value is -1.57. The molecule has 2 rings (SSSR count). The molecule has 0 saturated carbocycles. The minimum absolute atomic E-state index is 0.499. The van der Waals surface area contributed by atoms with Gasteiger partial charge in [0, 0.05) is 0 Å². The molecule has 0 spiro atoms. The maximum atomic E-state index is 4.72. The molecule has 2 nitrogen and oxygen atoms in total. The molecular formula is C35H59N2+. The van der Waals surface area contributed by atoms with E-state index in [1.807, 2.05) is 12.4 Å². The second-order valence-electron chi connectivity index (χ2n) is 11.6. The standard InChI is InChI=1S/C35H59N2/c1-3-5-7-9-11-12-13-14-15-17-18-23-27-33(31-32-25-21-20-22-26-32)34(35-36-29-30-37-35)28-24-19-16-10-8-6-4-2/h20-22,25-26,29-30,33-34H,3-19,23-24,27-28,31H2,1-2H3/q+1. The van der Waals surface area contributed by atoms with Crippen molar-refractivity contribution in [3.63, 3.8) is 0 Å². The fourth-order valence-electron chi connectivity index (χ4n) is 5.95. The zero-order valence-electron chi connectivity index (χ0n) is 24.6. The molecule has 2 atom stereocenters. The van der Waals surface area contributed by atoms with E-state index in [-0.39, 0.29) is 0 Å². The highest BCUT2D eigenvalue weighted by molar-refractivity contribution is 6.18. The van der Waals surface area contributed by atoms with Crippen LogP contribution in [-0.4, -0.2) is 12.4 Å². The van der Waals surface area contributed by atoms with E-state index in [1.165, 1.54) is 140 Å². The first-order valence-corrected chi connectivity index (χ1v) is 16.3. The van der Waals surface area contributed by atoms with Crippen LogP contribution in [0, 0.1) is 18.0 Å². The molecule has 37 heavy (non-hydrogen) atoms. The second-order valence-corrected chi connectivity index (χ2v) is 11.6. The Kier molecular flexibility index (Phi) is 19.2. The molecule has 2 heteroatoms. The van der Waals surface area contributed by atoms with Crippen LogP contribution in [0.1, 0.15) is 154 Å². The number of unbranched alkanes of at least 4 members (excludes halogenated alkanes) is 17. The van der Waals surface area contributed by atoms with Crippen LogP contribution in [0.2, 0.25) is 0 Å². The molecule has 0 saturated heterocycles. The van der Waals surface area contributed by atoms with Crippen LogP contribution in [0.25, 0.3) is 0 Å². The number of hydrogen-bond acceptors (Lipinski definition) is 2. The first kappa shape index (κ1) is 31.6. The van der Waals surface area contributed by atoms with E-state index in [1.54, 1.807) is 0 Å². The maximum Gasteiger partial charge on any atom is 0.244 e. The second kappa shape index (κ2) is 22.4. The summed E-state index contributed by atoms with van der Waals surface area (Å²) < 4.78 is 0. The van der Waals surface area contributed by atoms with Crippen molar-refractivity contribution < 1.29 is 0 Å². The topological polar surface area (TPSA) is 24.7 Å². The maximum absolute atomic E-state index is 4.72. The summed E-state index contributed by atoms with van der Waals surface area (Å²) in [5, 5.41) is 0. The van der Waals surface area contributed by atoms with Gasteiger partial charge < -0.3 is 0 Å². The Morgan fingerprint density at radius 2 is 0.973 bits per heavy atom. The zero-order chi connectivity index (χ0) is 26.2. The average Bonchev–Trinajstić information content (AvgIpc) is 3.46. The Morgan fingerprint density at radius 3 is 1.46 bits per heavy atom. The lowest BCUT2D eigenvalue weighted by atomic mass is 9.78. The molecule has 1 aliphatic rings. The first-order valence-electron chi connectivity index (χ1n) is 16.3. The number of hydrogen-bond donors (Lipinski definition) is 0. The van der Waals surface area contributed by atoms with Crippen LogP contribution < -0.4 is 0 Å². The smallest absolute Gasteiger partial charge is 0.0965 e. The third-order valence-electron chi connectivity index (χ3n) is 8.27. The van der Waals surface area contributed by atoms with Crippen LogP contribution >= 0.6 is 0 Å². The lowest BCUT2D eigenvalue weighted by molar-refractivity contribution is 0.284. The predicted molar refractivity (Wildman–Crippen MR) is 166 cm³/mol. The molecule has 1 aromatic rings. The van der Waals surface area contributed by atoms with Crippen molar-refractivity contribution in [2.24, 2.45) is 21.8 Å². The van der Waals surface area contributed by atoms with Gasteiger partial charge in [-0.25, -0.2) is 0 Å². The van der Waals surface area contributed by atoms with E-state index in [4.69, 9.17) is 9.98 Å². The van der Waals surface area contributed by atoms with E-state index < -0.39 is 0 Å². The van der Waals surface area contributed by atoms with Crippen LogP contribution in [-0.2, 0) is 6.42 Å². The van der Waals surface area contributed by atoms with Crippen molar-refractivity contribution in [3.05, 3.63) is 42.1 Å². The van der Waals surface area contributed by atoms with Gasteiger partial charge in [-0.1, -0.05) is 176 Å². The molecular weight excluding hydrogens is 448 g/mol. The zero-order valence-corrected chi connectivity index (χ0v) is 24.6. The van der Waals surface area contributed by atoms with Crippen molar-refractivity contribution in [1.82, 2.24) is 0 Å².